The van der Waals surface area contributed by atoms with Gasteiger partial charge in [0.1, 0.15) is 11.0 Å². The first-order valence-corrected chi connectivity index (χ1v) is 7.28. The van der Waals surface area contributed by atoms with Crippen molar-refractivity contribution in [3.8, 4) is 0 Å². The van der Waals surface area contributed by atoms with Crippen molar-refractivity contribution < 1.29 is 4.79 Å². The van der Waals surface area contributed by atoms with E-state index < -0.39 is 0 Å². The molecule has 0 aliphatic rings. The predicted molar refractivity (Wildman–Crippen MR) is 88.1 cm³/mol. The van der Waals surface area contributed by atoms with E-state index in [1.165, 1.54) is 0 Å². The maximum Gasteiger partial charge on any atom is 0.242 e. The minimum Gasteiger partial charge on any atom is -0.389 e. The second kappa shape index (κ2) is 7.85. The topological polar surface area (TPSA) is 58.4 Å². The molecule has 1 amide bonds. The van der Waals surface area contributed by atoms with E-state index in [2.05, 4.69) is 12.2 Å². The normalized spacial score (nSPS) is 11.8. The number of hydrogen-bond acceptors (Lipinski definition) is 3. The van der Waals surface area contributed by atoms with Gasteiger partial charge in [0.15, 0.2) is 0 Å². The lowest BCUT2D eigenvalue weighted by atomic mass is 10.1. The minimum atomic E-state index is -0.220. The van der Waals surface area contributed by atoms with Gasteiger partial charge in [-0.3, -0.25) is 4.79 Å². The molecule has 0 aliphatic heterocycles. The third kappa shape index (κ3) is 4.49. The van der Waals surface area contributed by atoms with E-state index in [0.717, 1.165) is 30.6 Å². The molecule has 110 valence electrons. The highest BCUT2D eigenvalue weighted by atomic mass is 32.1. The van der Waals surface area contributed by atoms with E-state index in [-0.39, 0.29) is 11.9 Å². The fourth-order valence-corrected chi connectivity index (χ4v) is 1.93. The van der Waals surface area contributed by atoms with Gasteiger partial charge in [-0.25, -0.2) is 0 Å². The van der Waals surface area contributed by atoms with Crippen molar-refractivity contribution in [2.45, 2.75) is 32.7 Å². The molecule has 0 aliphatic carbocycles. The molecule has 5 heteroatoms. The Hall–Kier alpha value is -1.62. The summed E-state index contributed by atoms with van der Waals surface area (Å²) >= 11 is 4.92. The maximum atomic E-state index is 12.0. The van der Waals surface area contributed by atoms with Crippen LogP contribution in [-0.4, -0.2) is 30.5 Å². The molecule has 0 saturated heterocycles. The van der Waals surface area contributed by atoms with E-state index in [9.17, 15) is 4.79 Å². The summed E-state index contributed by atoms with van der Waals surface area (Å²) in [6.45, 7) is 4.72. The van der Waals surface area contributed by atoms with E-state index >= 15 is 0 Å². The highest BCUT2D eigenvalue weighted by molar-refractivity contribution is 7.80. The Labute approximate surface area is 126 Å². The third-order valence-electron chi connectivity index (χ3n) is 3.35. The Morgan fingerprint density at radius 1 is 1.40 bits per heavy atom. The summed E-state index contributed by atoms with van der Waals surface area (Å²) in [6, 6.07) is 7.36. The average molecular weight is 293 g/mol. The largest absolute Gasteiger partial charge is 0.389 e. The second-order valence-corrected chi connectivity index (χ2v) is 5.28. The van der Waals surface area contributed by atoms with Crippen LogP contribution in [0.5, 0.6) is 0 Å². The van der Waals surface area contributed by atoms with Crippen LogP contribution in [0.25, 0.3) is 0 Å². The molecule has 1 unspecified atom stereocenters. The van der Waals surface area contributed by atoms with Crippen LogP contribution in [0.15, 0.2) is 24.3 Å². The molecule has 0 radical (unpaired) electrons. The van der Waals surface area contributed by atoms with Crippen LogP contribution in [0.3, 0.4) is 0 Å². The molecule has 3 N–H and O–H groups in total. The van der Waals surface area contributed by atoms with Crippen LogP contribution >= 0.6 is 12.2 Å². The molecule has 0 heterocycles. The van der Waals surface area contributed by atoms with Crippen molar-refractivity contribution in [2.24, 2.45) is 5.73 Å². The fraction of sp³-hybridized carbons (Fsp3) is 0.467. The molecule has 1 aromatic carbocycles. The van der Waals surface area contributed by atoms with Crippen molar-refractivity contribution in [3.05, 3.63) is 29.8 Å². The number of thiocarbonyl (C=S) groups is 1. The molecule has 0 bridgehead atoms. The molecule has 0 aromatic heterocycles. The van der Waals surface area contributed by atoms with Crippen molar-refractivity contribution >= 4 is 28.8 Å². The number of hydrogen-bond donors (Lipinski definition) is 2. The zero-order chi connectivity index (χ0) is 15.1. The second-order valence-electron chi connectivity index (χ2n) is 4.84. The van der Waals surface area contributed by atoms with Gasteiger partial charge in [-0.1, -0.05) is 25.6 Å². The molecule has 0 spiro atoms. The number of carbonyl (C=O) groups excluding carboxylic acids is 1. The van der Waals surface area contributed by atoms with Gasteiger partial charge in [0.2, 0.25) is 5.91 Å². The van der Waals surface area contributed by atoms with Crippen molar-refractivity contribution in [1.29, 1.82) is 0 Å². The molecular formula is C15H23N3OS. The summed E-state index contributed by atoms with van der Waals surface area (Å²) in [5.41, 5.74) is 7.36. The van der Waals surface area contributed by atoms with Crippen LogP contribution in [-0.2, 0) is 4.79 Å². The van der Waals surface area contributed by atoms with E-state index in [1.807, 2.05) is 43.1 Å². The summed E-state index contributed by atoms with van der Waals surface area (Å²) in [5.74, 6) is 0.0411. The summed E-state index contributed by atoms with van der Waals surface area (Å²) in [5, 5.41) is 2.94. The Bertz CT molecular complexity index is 459. The fourth-order valence-electron chi connectivity index (χ4n) is 1.80. The highest BCUT2D eigenvalue weighted by Crippen LogP contribution is 2.16. The number of carbonyl (C=O) groups is 1. The first-order chi connectivity index (χ1) is 9.47. The molecule has 20 heavy (non-hydrogen) atoms. The van der Waals surface area contributed by atoms with Gasteiger partial charge in [-0.2, -0.15) is 0 Å². The van der Waals surface area contributed by atoms with Crippen LogP contribution < -0.4 is 16.0 Å². The third-order valence-corrected chi connectivity index (χ3v) is 3.58. The number of rotatable bonds is 7. The number of nitrogens with one attached hydrogen (secondary N) is 1. The van der Waals surface area contributed by atoms with Crippen molar-refractivity contribution in [2.75, 3.05) is 18.5 Å². The summed E-state index contributed by atoms with van der Waals surface area (Å²) in [4.78, 5) is 14.3. The average Bonchev–Trinajstić information content (AvgIpc) is 2.46. The van der Waals surface area contributed by atoms with E-state index in [4.69, 9.17) is 18.0 Å². The minimum absolute atomic E-state index is 0.0411. The van der Waals surface area contributed by atoms with Crippen LogP contribution in [0.4, 0.5) is 5.69 Å². The quantitative estimate of drug-likeness (QED) is 0.597. The van der Waals surface area contributed by atoms with E-state index in [1.54, 1.807) is 0 Å². The van der Waals surface area contributed by atoms with Gasteiger partial charge in [-0.05, 0) is 37.6 Å². The number of nitrogens with zero attached hydrogens (tertiary/aromatic N) is 1. The Morgan fingerprint density at radius 2 is 2.00 bits per heavy atom. The van der Waals surface area contributed by atoms with Crippen molar-refractivity contribution in [3.63, 3.8) is 0 Å². The lowest BCUT2D eigenvalue weighted by Gasteiger charge is -2.26. The standard InChI is InChI=1S/C15H23N3OS/c1-4-5-10-17-15(19)11(2)18(3)13-8-6-12(7-9-13)14(16)20/h6-9,11H,4-5,10H2,1-3H3,(H2,16,20)(H,17,19). The lowest BCUT2D eigenvalue weighted by molar-refractivity contribution is -0.122. The molecule has 0 saturated carbocycles. The molecule has 0 fully saturated rings. The van der Waals surface area contributed by atoms with Gasteiger partial charge >= 0.3 is 0 Å². The van der Waals surface area contributed by atoms with Gasteiger partial charge < -0.3 is 16.0 Å². The first kappa shape index (κ1) is 16.4. The zero-order valence-electron chi connectivity index (χ0n) is 12.3. The Morgan fingerprint density at radius 3 is 2.50 bits per heavy atom. The van der Waals surface area contributed by atoms with Crippen LogP contribution in [0.1, 0.15) is 32.3 Å². The summed E-state index contributed by atoms with van der Waals surface area (Å²) in [6.07, 6.45) is 2.08. The molecule has 1 rings (SSSR count). The number of unbranched alkanes of at least 4 members (excludes halogenated alkanes) is 1. The summed E-state index contributed by atoms with van der Waals surface area (Å²) in [7, 11) is 1.90. The van der Waals surface area contributed by atoms with Gasteiger partial charge in [-0.15, -0.1) is 0 Å². The predicted octanol–water partition coefficient (Wildman–Crippen LogP) is 2.06. The molecular weight excluding hydrogens is 270 g/mol. The zero-order valence-corrected chi connectivity index (χ0v) is 13.2. The molecule has 4 nitrogen and oxygen atoms in total. The summed E-state index contributed by atoms with van der Waals surface area (Å²) < 4.78 is 0. The number of likely N-dealkylation sites (N-methyl/N-ethyl adjacent to an activating group) is 1. The number of benzene rings is 1. The Balaban J connectivity index is 2.65. The highest BCUT2D eigenvalue weighted by Gasteiger charge is 2.17. The Kier molecular flexibility index (Phi) is 6.45. The first-order valence-electron chi connectivity index (χ1n) is 6.87. The van der Waals surface area contributed by atoms with Crippen molar-refractivity contribution in [1.82, 2.24) is 5.32 Å². The smallest absolute Gasteiger partial charge is 0.242 e. The maximum absolute atomic E-state index is 12.0. The SMILES string of the molecule is CCCCNC(=O)C(C)N(C)c1ccc(C(N)=S)cc1. The molecule has 1 aromatic rings. The van der Waals surface area contributed by atoms with Crippen LogP contribution in [0.2, 0.25) is 0 Å². The van der Waals surface area contributed by atoms with Gasteiger partial charge in [0, 0.05) is 24.8 Å². The number of anilines is 1. The van der Waals surface area contributed by atoms with Gasteiger partial charge in [0.05, 0.1) is 0 Å². The van der Waals surface area contributed by atoms with Crippen LogP contribution in [0, 0.1) is 0 Å². The van der Waals surface area contributed by atoms with E-state index in [0.29, 0.717) is 4.99 Å². The lowest BCUT2D eigenvalue weighted by Crippen LogP contribution is -2.43. The van der Waals surface area contributed by atoms with Gasteiger partial charge in [0.25, 0.3) is 0 Å². The monoisotopic (exact) mass is 293 g/mol. The molecule has 1 atom stereocenters. The number of amides is 1. The number of nitrogens with two attached hydrogens (primary N) is 1.